The molecule has 5 heteroatoms. The van der Waals surface area contributed by atoms with Gasteiger partial charge >= 0.3 is 0 Å². The fourth-order valence-electron chi connectivity index (χ4n) is 2.06. The van der Waals surface area contributed by atoms with Gasteiger partial charge in [0.25, 0.3) is 5.91 Å². The minimum atomic E-state index is -0.140. The molecule has 2 rings (SSSR count). The molecule has 1 aliphatic heterocycles. The van der Waals surface area contributed by atoms with Crippen LogP contribution in [-0.2, 0) is 4.79 Å². The number of rotatable bonds is 4. The first kappa shape index (κ1) is 15.1. The van der Waals surface area contributed by atoms with Crippen molar-refractivity contribution in [1.29, 1.82) is 0 Å². The third-order valence-electron chi connectivity index (χ3n) is 3.43. The number of piperidine rings is 1. The molecule has 20 heavy (non-hydrogen) atoms. The largest absolute Gasteiger partial charge is 0.337 e. The summed E-state index contributed by atoms with van der Waals surface area (Å²) in [4.78, 5) is 14.6. The monoisotopic (exact) mass is 292 g/mol. The van der Waals surface area contributed by atoms with E-state index in [4.69, 9.17) is 0 Å². The first-order valence-corrected chi connectivity index (χ1v) is 7.91. The first-order valence-electron chi connectivity index (χ1n) is 7.03. The Morgan fingerprint density at radius 1 is 1.30 bits per heavy atom. The molecule has 0 aromatic heterocycles. The van der Waals surface area contributed by atoms with Crippen molar-refractivity contribution in [2.75, 3.05) is 20.1 Å². The summed E-state index contributed by atoms with van der Waals surface area (Å²) in [5.41, 5.74) is 3.82. The van der Waals surface area contributed by atoms with Crippen LogP contribution in [0.3, 0.4) is 0 Å². The number of carbonyl (C=O) groups is 1. The predicted octanol–water partition coefficient (Wildman–Crippen LogP) is 0.948. The average molecular weight is 292 g/mol. The fourth-order valence-corrected chi connectivity index (χ4v) is 2.94. The molecule has 1 amide bonds. The summed E-state index contributed by atoms with van der Waals surface area (Å²) in [5, 5.41) is 4.13. The van der Waals surface area contributed by atoms with E-state index < -0.39 is 0 Å². The lowest BCUT2D eigenvalue weighted by Gasteiger charge is -2.20. The summed E-state index contributed by atoms with van der Waals surface area (Å²) in [6.45, 7) is 4.11. The molecule has 1 fully saturated rings. The fraction of sp³-hybridized carbons (Fsp3) is 0.467. The number of hydrazone groups is 1. The number of likely N-dealkylation sites (tertiary alicyclic amines) is 1. The molecular formula is C15H22N3OS+. The van der Waals surface area contributed by atoms with Gasteiger partial charge in [0.05, 0.1) is 25.4 Å². The van der Waals surface area contributed by atoms with E-state index in [1.54, 1.807) is 11.8 Å². The van der Waals surface area contributed by atoms with Crippen LogP contribution in [0, 0.1) is 0 Å². The third kappa shape index (κ3) is 4.65. The smallest absolute Gasteiger partial charge is 0.253 e. The van der Waals surface area contributed by atoms with Gasteiger partial charge in [-0.2, -0.15) is 5.10 Å². The van der Waals surface area contributed by atoms with Crippen LogP contribution in [0.25, 0.3) is 0 Å². The van der Waals surface area contributed by atoms with Gasteiger partial charge in [0.2, 0.25) is 0 Å². The van der Waals surface area contributed by atoms with Crippen molar-refractivity contribution in [2.45, 2.75) is 29.9 Å². The van der Waals surface area contributed by atoms with E-state index in [2.05, 4.69) is 17.6 Å². The van der Waals surface area contributed by atoms with Gasteiger partial charge in [0.1, 0.15) is 0 Å². The summed E-state index contributed by atoms with van der Waals surface area (Å²) in [5.74, 6) is -0.0300. The summed E-state index contributed by atoms with van der Waals surface area (Å²) < 4.78 is 0. The van der Waals surface area contributed by atoms with Crippen LogP contribution < -0.4 is 10.3 Å². The highest BCUT2D eigenvalue weighted by molar-refractivity contribution is 8.00. The number of nitrogens with zero attached hydrogens (tertiary/aromatic N) is 1. The Labute approximate surface area is 124 Å². The molecule has 108 valence electrons. The van der Waals surface area contributed by atoms with E-state index in [1.165, 1.54) is 4.90 Å². The minimum Gasteiger partial charge on any atom is -0.337 e. The summed E-state index contributed by atoms with van der Waals surface area (Å²) >= 11 is 1.55. The lowest BCUT2D eigenvalue weighted by atomic mass is 10.1. The molecular weight excluding hydrogens is 270 g/mol. The van der Waals surface area contributed by atoms with Crippen molar-refractivity contribution in [3.05, 3.63) is 30.3 Å². The van der Waals surface area contributed by atoms with Gasteiger partial charge in [0, 0.05) is 23.4 Å². The van der Waals surface area contributed by atoms with Gasteiger partial charge < -0.3 is 4.90 Å². The van der Waals surface area contributed by atoms with Crippen LogP contribution >= 0.6 is 11.8 Å². The number of amides is 1. The van der Waals surface area contributed by atoms with Crippen LogP contribution in [0.15, 0.2) is 40.3 Å². The number of carbonyl (C=O) groups excluding carboxylic acids is 1. The van der Waals surface area contributed by atoms with Crippen molar-refractivity contribution in [3.63, 3.8) is 0 Å². The molecule has 0 spiro atoms. The zero-order valence-corrected chi connectivity index (χ0v) is 12.9. The van der Waals surface area contributed by atoms with Crippen LogP contribution in [0.2, 0.25) is 0 Å². The Hall–Kier alpha value is -1.33. The Balaban J connectivity index is 1.81. The Morgan fingerprint density at radius 2 is 1.95 bits per heavy atom. The second kappa shape index (κ2) is 7.45. The Bertz CT molecular complexity index is 465. The standard InChI is InChI=1S/C15H21N3OS/c1-12(20-14-6-4-3-5-7-14)15(19)17-16-13-8-10-18(2)11-9-13/h3-7,12H,8-11H2,1-2H3,(H,17,19)/p+1/t12-/m0/s1. The second-order valence-electron chi connectivity index (χ2n) is 5.18. The number of hydrogen-bond donors (Lipinski definition) is 2. The lowest BCUT2D eigenvalue weighted by molar-refractivity contribution is -0.880. The summed E-state index contributed by atoms with van der Waals surface area (Å²) in [6, 6.07) is 9.96. The highest BCUT2D eigenvalue weighted by Gasteiger charge is 2.17. The molecule has 2 N–H and O–H groups in total. The quantitative estimate of drug-likeness (QED) is 0.641. The van der Waals surface area contributed by atoms with Crippen LogP contribution in [0.4, 0.5) is 0 Å². The molecule has 1 heterocycles. The van der Waals surface area contributed by atoms with E-state index in [1.807, 2.05) is 37.3 Å². The van der Waals surface area contributed by atoms with Gasteiger partial charge in [-0.05, 0) is 19.1 Å². The number of benzene rings is 1. The molecule has 1 saturated heterocycles. The molecule has 0 saturated carbocycles. The SMILES string of the molecule is C[C@H](Sc1ccccc1)C(=O)NN=C1CC[NH+](C)CC1. The van der Waals surface area contributed by atoms with E-state index in [0.29, 0.717) is 0 Å². The molecule has 0 bridgehead atoms. The van der Waals surface area contributed by atoms with Crippen molar-refractivity contribution >= 4 is 23.4 Å². The molecule has 0 aliphatic carbocycles. The number of thioether (sulfide) groups is 1. The van der Waals surface area contributed by atoms with Crippen LogP contribution in [0.1, 0.15) is 19.8 Å². The predicted molar refractivity (Wildman–Crippen MR) is 83.2 cm³/mol. The average Bonchev–Trinajstić information content (AvgIpc) is 2.47. The number of nitrogens with one attached hydrogen (secondary N) is 2. The number of quaternary nitrogens is 1. The molecule has 0 unspecified atom stereocenters. The van der Waals surface area contributed by atoms with Crippen molar-refractivity contribution < 1.29 is 9.69 Å². The maximum Gasteiger partial charge on any atom is 0.253 e. The number of hydrogen-bond acceptors (Lipinski definition) is 3. The van der Waals surface area contributed by atoms with Crippen molar-refractivity contribution in [3.8, 4) is 0 Å². The highest BCUT2D eigenvalue weighted by atomic mass is 32.2. The van der Waals surface area contributed by atoms with Crippen LogP contribution in [-0.4, -0.2) is 37.0 Å². The molecule has 4 nitrogen and oxygen atoms in total. The Morgan fingerprint density at radius 3 is 2.60 bits per heavy atom. The summed E-state index contributed by atoms with van der Waals surface area (Å²) in [7, 11) is 2.19. The van der Waals surface area contributed by atoms with Gasteiger partial charge in [-0.1, -0.05) is 18.2 Å². The zero-order valence-electron chi connectivity index (χ0n) is 12.1. The third-order valence-corrected chi connectivity index (χ3v) is 4.54. The van der Waals surface area contributed by atoms with Crippen molar-refractivity contribution in [2.24, 2.45) is 5.10 Å². The Kier molecular flexibility index (Phi) is 5.61. The van der Waals surface area contributed by atoms with Gasteiger partial charge in [0.15, 0.2) is 0 Å². The normalized spacial score (nSPS) is 20.3. The van der Waals surface area contributed by atoms with Crippen LogP contribution in [0.5, 0.6) is 0 Å². The van der Waals surface area contributed by atoms with Gasteiger partial charge in [-0.3, -0.25) is 4.79 Å². The molecule has 1 atom stereocenters. The lowest BCUT2D eigenvalue weighted by Crippen LogP contribution is -3.10. The van der Waals surface area contributed by atoms with Gasteiger partial charge in [-0.25, -0.2) is 5.43 Å². The van der Waals surface area contributed by atoms with E-state index >= 15 is 0 Å². The molecule has 1 aromatic rings. The maximum absolute atomic E-state index is 12.0. The topological polar surface area (TPSA) is 45.9 Å². The second-order valence-corrected chi connectivity index (χ2v) is 6.60. The zero-order chi connectivity index (χ0) is 14.4. The molecule has 0 radical (unpaired) electrons. The van der Waals surface area contributed by atoms with Gasteiger partial charge in [-0.15, -0.1) is 11.8 Å². The molecule has 1 aromatic carbocycles. The van der Waals surface area contributed by atoms with E-state index in [-0.39, 0.29) is 11.2 Å². The summed E-state index contributed by atoms with van der Waals surface area (Å²) in [6.07, 6.45) is 1.96. The van der Waals surface area contributed by atoms with Crippen molar-refractivity contribution in [1.82, 2.24) is 5.43 Å². The molecule has 1 aliphatic rings. The maximum atomic E-state index is 12.0. The van der Waals surface area contributed by atoms with E-state index in [0.717, 1.165) is 36.5 Å². The first-order chi connectivity index (χ1) is 9.65. The highest BCUT2D eigenvalue weighted by Crippen LogP contribution is 2.22. The van der Waals surface area contributed by atoms with E-state index in [9.17, 15) is 4.79 Å². The minimum absolute atomic E-state index is 0.0300.